The Balaban J connectivity index is 1.64. The average Bonchev–Trinajstić information content (AvgIpc) is 3.09. The van der Waals surface area contributed by atoms with Crippen LogP contribution in [0, 0.1) is 5.82 Å². The third-order valence-corrected chi connectivity index (χ3v) is 4.01. The second-order valence-electron chi connectivity index (χ2n) is 6.23. The summed E-state index contributed by atoms with van der Waals surface area (Å²) in [6, 6.07) is 9.21. The number of nitrogens with zero attached hydrogens (tertiary/aromatic N) is 3. The Morgan fingerprint density at radius 2 is 1.79 bits per heavy atom. The molecule has 0 spiro atoms. The molecule has 0 aliphatic rings. The molecule has 0 saturated heterocycles. The Morgan fingerprint density at radius 3 is 2.39 bits per heavy atom. The lowest BCUT2D eigenvalue weighted by Gasteiger charge is -2.14. The van der Waals surface area contributed by atoms with Gasteiger partial charge in [0, 0.05) is 12.1 Å². The Morgan fingerprint density at radius 1 is 1.07 bits per heavy atom. The number of rotatable bonds is 6. The molecule has 0 aliphatic heterocycles. The fourth-order valence-corrected chi connectivity index (χ4v) is 2.65. The topological polar surface area (TPSA) is 51.4 Å². The van der Waals surface area contributed by atoms with Gasteiger partial charge in [-0.1, -0.05) is 23.4 Å². The Hall–Kier alpha value is -2.94. The van der Waals surface area contributed by atoms with Gasteiger partial charge in [-0.25, -0.2) is 4.39 Å². The van der Waals surface area contributed by atoms with E-state index >= 15 is 0 Å². The van der Waals surface area contributed by atoms with Crippen LogP contribution in [0.4, 0.5) is 17.6 Å². The van der Waals surface area contributed by atoms with Crippen LogP contribution in [0.15, 0.2) is 47.0 Å². The summed E-state index contributed by atoms with van der Waals surface area (Å²) in [5.74, 6) is 0.222. The summed E-state index contributed by atoms with van der Waals surface area (Å²) in [6.45, 7) is 0.722. The normalized spacial score (nSPS) is 11.8. The highest BCUT2D eigenvalue weighted by Gasteiger charge is 2.30. The lowest BCUT2D eigenvalue weighted by atomic mass is 10.1. The smallest absolute Gasteiger partial charge is 0.416 e. The second-order valence-corrected chi connectivity index (χ2v) is 6.23. The van der Waals surface area contributed by atoms with Crippen molar-refractivity contribution < 1.29 is 26.8 Å². The maximum atomic E-state index is 13.8. The van der Waals surface area contributed by atoms with E-state index in [4.69, 9.17) is 9.26 Å². The first-order valence-corrected chi connectivity index (χ1v) is 8.27. The molecule has 0 amide bonds. The van der Waals surface area contributed by atoms with E-state index in [1.807, 2.05) is 4.90 Å². The second kappa shape index (κ2) is 7.97. The van der Waals surface area contributed by atoms with Crippen LogP contribution in [0.2, 0.25) is 0 Å². The molecular weight excluding hydrogens is 378 g/mol. The number of benzene rings is 2. The molecule has 5 nitrogen and oxygen atoms in total. The summed E-state index contributed by atoms with van der Waals surface area (Å²) in [4.78, 5) is 6.04. The maximum absolute atomic E-state index is 13.8. The van der Waals surface area contributed by atoms with Crippen LogP contribution >= 0.6 is 0 Å². The predicted molar refractivity (Wildman–Crippen MR) is 92.9 cm³/mol. The van der Waals surface area contributed by atoms with E-state index in [-0.39, 0.29) is 11.6 Å². The zero-order valence-corrected chi connectivity index (χ0v) is 15.1. The lowest BCUT2D eigenvalue weighted by Crippen LogP contribution is -2.17. The molecule has 1 aromatic heterocycles. The molecule has 0 radical (unpaired) electrons. The molecule has 28 heavy (non-hydrogen) atoms. The highest BCUT2D eigenvalue weighted by Crippen LogP contribution is 2.30. The summed E-state index contributed by atoms with van der Waals surface area (Å²) >= 11 is 0. The molecule has 2 aromatic carbocycles. The van der Waals surface area contributed by atoms with Crippen molar-refractivity contribution in [1.82, 2.24) is 15.0 Å². The van der Waals surface area contributed by atoms with Gasteiger partial charge in [-0.05, 0) is 36.9 Å². The molecule has 3 rings (SSSR count). The van der Waals surface area contributed by atoms with Crippen LogP contribution in [0.5, 0.6) is 5.75 Å². The molecule has 1 heterocycles. The van der Waals surface area contributed by atoms with Crippen molar-refractivity contribution in [1.29, 1.82) is 0 Å². The van der Waals surface area contributed by atoms with Gasteiger partial charge in [0.05, 0.1) is 19.2 Å². The molecule has 148 valence electrons. The highest BCUT2D eigenvalue weighted by molar-refractivity contribution is 5.54. The molecule has 0 fully saturated rings. The molecule has 9 heteroatoms. The van der Waals surface area contributed by atoms with E-state index in [1.165, 1.54) is 25.3 Å². The van der Waals surface area contributed by atoms with Crippen molar-refractivity contribution in [3.8, 4) is 17.1 Å². The molecular formula is C19H17F4N3O2. The highest BCUT2D eigenvalue weighted by atomic mass is 19.4. The Labute approximate surface area is 158 Å². The predicted octanol–water partition coefficient (Wildman–Crippen LogP) is 4.54. The van der Waals surface area contributed by atoms with E-state index < -0.39 is 17.6 Å². The van der Waals surface area contributed by atoms with Gasteiger partial charge in [-0.2, -0.15) is 18.2 Å². The van der Waals surface area contributed by atoms with Gasteiger partial charge in [-0.15, -0.1) is 0 Å². The average molecular weight is 395 g/mol. The molecule has 0 N–H and O–H groups in total. The quantitative estimate of drug-likeness (QED) is 0.574. The third kappa shape index (κ3) is 4.66. The summed E-state index contributed by atoms with van der Waals surface area (Å²) in [7, 11) is 3.19. The van der Waals surface area contributed by atoms with E-state index in [9.17, 15) is 17.6 Å². The molecule has 3 aromatic rings. The summed E-state index contributed by atoms with van der Waals surface area (Å²) in [5.41, 5.74) is 0.414. The molecule has 0 bridgehead atoms. The molecule has 0 saturated carbocycles. The van der Waals surface area contributed by atoms with Crippen molar-refractivity contribution in [2.24, 2.45) is 0 Å². The minimum atomic E-state index is -4.40. The first kappa shape index (κ1) is 19.8. The monoisotopic (exact) mass is 395 g/mol. The zero-order valence-electron chi connectivity index (χ0n) is 15.1. The van der Waals surface area contributed by atoms with Gasteiger partial charge < -0.3 is 9.26 Å². The van der Waals surface area contributed by atoms with Crippen molar-refractivity contribution >= 4 is 0 Å². The minimum Gasteiger partial charge on any atom is -0.494 e. The summed E-state index contributed by atoms with van der Waals surface area (Å²) in [5, 5.41) is 3.80. The van der Waals surface area contributed by atoms with Crippen LogP contribution < -0.4 is 4.74 Å². The van der Waals surface area contributed by atoms with Gasteiger partial charge in [0.25, 0.3) is 0 Å². The van der Waals surface area contributed by atoms with Crippen LogP contribution in [-0.4, -0.2) is 29.2 Å². The fourth-order valence-electron chi connectivity index (χ4n) is 2.65. The number of hydrogen-bond donors (Lipinski definition) is 0. The zero-order chi connectivity index (χ0) is 20.3. The number of hydrogen-bond acceptors (Lipinski definition) is 5. The molecule has 0 atom stereocenters. The first-order chi connectivity index (χ1) is 13.3. The van der Waals surface area contributed by atoms with Gasteiger partial charge >= 0.3 is 6.18 Å². The summed E-state index contributed by atoms with van der Waals surface area (Å²) < 4.78 is 61.7. The molecule has 0 unspecified atom stereocenters. The number of alkyl halides is 3. The Bertz CT molecular complexity index is 939. The van der Waals surface area contributed by atoms with Crippen molar-refractivity contribution in [2.45, 2.75) is 19.3 Å². The number of ether oxygens (including phenoxy) is 1. The number of aromatic nitrogens is 2. The lowest BCUT2D eigenvalue weighted by molar-refractivity contribution is -0.137. The van der Waals surface area contributed by atoms with E-state index in [1.54, 1.807) is 19.2 Å². The van der Waals surface area contributed by atoms with E-state index in [0.29, 0.717) is 24.5 Å². The van der Waals surface area contributed by atoms with Crippen molar-refractivity contribution in [3.05, 3.63) is 65.3 Å². The van der Waals surface area contributed by atoms with Gasteiger partial charge in [0.1, 0.15) is 0 Å². The van der Waals surface area contributed by atoms with Crippen molar-refractivity contribution in [2.75, 3.05) is 14.2 Å². The third-order valence-electron chi connectivity index (χ3n) is 4.01. The first-order valence-electron chi connectivity index (χ1n) is 8.27. The standard InChI is InChI=1S/C19H17F4N3O2/c1-26(10-12-3-8-16(27-2)15(20)9-12)11-17-24-18(25-28-17)13-4-6-14(7-5-13)19(21,22)23/h3-9H,10-11H2,1-2H3. The van der Waals surface area contributed by atoms with Crippen LogP contribution in [0.1, 0.15) is 17.0 Å². The van der Waals surface area contributed by atoms with E-state index in [2.05, 4.69) is 10.1 Å². The minimum absolute atomic E-state index is 0.171. The van der Waals surface area contributed by atoms with Gasteiger partial charge in [0.2, 0.25) is 11.7 Å². The molecule has 0 aliphatic carbocycles. The van der Waals surface area contributed by atoms with Crippen LogP contribution in [-0.2, 0) is 19.3 Å². The van der Waals surface area contributed by atoms with Crippen LogP contribution in [0.25, 0.3) is 11.4 Å². The Kier molecular flexibility index (Phi) is 5.64. The number of methoxy groups -OCH3 is 1. The SMILES string of the molecule is COc1ccc(CN(C)Cc2nc(-c3ccc(C(F)(F)F)cc3)no2)cc1F. The summed E-state index contributed by atoms with van der Waals surface area (Å²) in [6.07, 6.45) is -4.40. The van der Waals surface area contributed by atoms with Gasteiger partial charge in [-0.3, -0.25) is 4.90 Å². The maximum Gasteiger partial charge on any atom is 0.416 e. The van der Waals surface area contributed by atoms with Crippen LogP contribution in [0.3, 0.4) is 0 Å². The fraction of sp³-hybridized carbons (Fsp3) is 0.263. The van der Waals surface area contributed by atoms with Gasteiger partial charge in [0.15, 0.2) is 11.6 Å². The number of halogens is 4. The van der Waals surface area contributed by atoms with Crippen molar-refractivity contribution in [3.63, 3.8) is 0 Å². The largest absolute Gasteiger partial charge is 0.494 e. The van der Waals surface area contributed by atoms with E-state index in [0.717, 1.165) is 17.7 Å².